The van der Waals surface area contributed by atoms with E-state index in [1.165, 1.54) is 12.1 Å². The molecule has 0 atom stereocenters. The van der Waals surface area contributed by atoms with Crippen molar-refractivity contribution in [3.8, 4) is 0 Å². The molecule has 0 aliphatic carbocycles. The van der Waals surface area contributed by atoms with Gasteiger partial charge in [-0.05, 0) is 81.4 Å². The Bertz CT molecular complexity index is 1690. The average molecular weight is 623 g/mol. The minimum absolute atomic E-state index is 0.156. The normalized spacial score (nSPS) is 15.4. The third-order valence-corrected chi connectivity index (χ3v) is 9.13. The van der Waals surface area contributed by atoms with Crippen molar-refractivity contribution in [2.45, 2.75) is 57.3 Å². The number of carboxylic acids is 2. The summed E-state index contributed by atoms with van der Waals surface area (Å²) in [6.45, 7) is 6.33. The van der Waals surface area contributed by atoms with Gasteiger partial charge < -0.3 is 19.7 Å². The molecule has 6 rings (SSSR count). The van der Waals surface area contributed by atoms with E-state index in [1.807, 2.05) is 35.8 Å². The van der Waals surface area contributed by atoms with Gasteiger partial charge in [-0.15, -0.1) is 0 Å². The maximum Gasteiger partial charge on any atom is 0.414 e. The SMILES string of the molecule is Cc1nc2n(c(=O)c1CCN1CCC(Cc3nc4cccnc4n3Cc3ccc(F)cc3)CC1)CCCS2.O=C(O)C(=O)O. The molecule has 11 nitrogen and oxygen atoms in total. The molecule has 1 aromatic carbocycles. The van der Waals surface area contributed by atoms with Crippen molar-refractivity contribution < 1.29 is 24.2 Å². The number of hydrogen-bond acceptors (Lipinski definition) is 8. The van der Waals surface area contributed by atoms with E-state index >= 15 is 0 Å². The number of thioether (sulfide) groups is 1. The second-order valence-electron chi connectivity index (χ2n) is 11.1. The van der Waals surface area contributed by atoms with Crippen molar-refractivity contribution in [2.24, 2.45) is 5.92 Å². The zero-order valence-electron chi connectivity index (χ0n) is 24.5. The number of aryl methyl sites for hydroxylation is 1. The topological polar surface area (TPSA) is 143 Å². The molecule has 2 aliphatic heterocycles. The lowest BCUT2D eigenvalue weighted by molar-refractivity contribution is -0.159. The molecule has 0 bridgehead atoms. The van der Waals surface area contributed by atoms with Gasteiger partial charge >= 0.3 is 11.9 Å². The fourth-order valence-corrected chi connectivity index (χ4v) is 6.69. The second kappa shape index (κ2) is 14.1. The third kappa shape index (κ3) is 7.51. The van der Waals surface area contributed by atoms with Crippen LogP contribution in [-0.2, 0) is 35.5 Å². The molecule has 0 saturated carbocycles. The van der Waals surface area contributed by atoms with E-state index in [2.05, 4.69) is 14.5 Å². The molecular formula is C31H35FN6O5S. The molecule has 0 spiro atoms. The summed E-state index contributed by atoms with van der Waals surface area (Å²) >= 11 is 1.69. The van der Waals surface area contributed by atoms with E-state index in [4.69, 9.17) is 29.8 Å². The number of rotatable bonds is 7. The maximum atomic E-state index is 13.4. The number of carbonyl (C=O) groups is 2. The van der Waals surface area contributed by atoms with Gasteiger partial charge in [0, 0.05) is 42.7 Å². The number of piperidine rings is 1. The largest absolute Gasteiger partial charge is 0.473 e. The summed E-state index contributed by atoms with van der Waals surface area (Å²) in [5.74, 6) is -1.24. The minimum atomic E-state index is -1.82. The number of imidazole rings is 1. The molecular weight excluding hydrogens is 587 g/mol. The van der Waals surface area contributed by atoms with Crippen molar-refractivity contribution in [3.63, 3.8) is 0 Å². The van der Waals surface area contributed by atoms with Gasteiger partial charge in [0.15, 0.2) is 10.8 Å². The summed E-state index contributed by atoms with van der Waals surface area (Å²) in [5.41, 5.74) is 4.74. The minimum Gasteiger partial charge on any atom is -0.473 e. The predicted octanol–water partition coefficient (Wildman–Crippen LogP) is 3.63. The number of aromatic nitrogens is 5. The number of pyridine rings is 1. The Morgan fingerprint density at radius 2 is 1.77 bits per heavy atom. The van der Waals surface area contributed by atoms with Crippen molar-refractivity contribution in [2.75, 3.05) is 25.4 Å². The summed E-state index contributed by atoms with van der Waals surface area (Å²) in [6.07, 6.45) is 6.69. The molecule has 232 valence electrons. The first kappa shape index (κ1) is 31.3. The molecule has 4 aromatic rings. The zero-order valence-corrected chi connectivity index (χ0v) is 25.3. The standard InChI is InChI=1S/C29H33FN6OS.C2H2O4/c1-20-24(28(37)35-13-3-17-38-29(35)32-20)11-16-34-14-9-21(10-15-34)18-26-33-25-4-2-12-31-27(25)36(26)19-22-5-7-23(30)8-6-22;3-1(4)2(5)6/h2,4-8,12,21H,3,9-11,13-19H2,1H3;(H,3,4)(H,5,6). The van der Waals surface area contributed by atoms with E-state index in [1.54, 1.807) is 18.0 Å². The van der Waals surface area contributed by atoms with E-state index in [0.29, 0.717) is 12.5 Å². The van der Waals surface area contributed by atoms with Crippen LogP contribution in [0.3, 0.4) is 0 Å². The molecule has 0 amide bonds. The maximum absolute atomic E-state index is 13.4. The molecule has 0 unspecified atom stereocenters. The van der Waals surface area contributed by atoms with Gasteiger partial charge in [-0.25, -0.2) is 28.9 Å². The van der Waals surface area contributed by atoms with E-state index in [9.17, 15) is 9.18 Å². The van der Waals surface area contributed by atoms with Crippen LogP contribution in [-0.4, -0.2) is 76.5 Å². The highest BCUT2D eigenvalue weighted by Gasteiger charge is 2.24. The third-order valence-electron chi connectivity index (χ3n) is 8.07. The van der Waals surface area contributed by atoms with Gasteiger partial charge in [-0.2, -0.15) is 0 Å². The number of fused-ring (bicyclic) bond motifs is 2. The number of likely N-dealkylation sites (tertiary alicyclic amines) is 1. The monoisotopic (exact) mass is 622 g/mol. The molecule has 44 heavy (non-hydrogen) atoms. The number of aliphatic carboxylic acids is 2. The first-order chi connectivity index (χ1) is 21.2. The van der Waals surface area contributed by atoms with Crippen LogP contribution in [0, 0.1) is 18.7 Å². The lowest BCUT2D eigenvalue weighted by Crippen LogP contribution is -2.37. The van der Waals surface area contributed by atoms with Crippen molar-refractivity contribution in [1.82, 2.24) is 29.0 Å². The van der Waals surface area contributed by atoms with Crippen molar-refractivity contribution in [1.29, 1.82) is 0 Å². The van der Waals surface area contributed by atoms with Gasteiger partial charge in [0.1, 0.15) is 17.2 Å². The molecule has 2 N–H and O–H groups in total. The lowest BCUT2D eigenvalue weighted by Gasteiger charge is -2.32. The molecule has 3 aromatic heterocycles. The van der Waals surface area contributed by atoms with E-state index in [0.717, 1.165) is 103 Å². The van der Waals surface area contributed by atoms with Crippen LogP contribution in [0.4, 0.5) is 4.39 Å². The fourth-order valence-electron chi connectivity index (χ4n) is 5.70. The highest BCUT2D eigenvalue weighted by atomic mass is 32.2. The summed E-state index contributed by atoms with van der Waals surface area (Å²) in [6, 6.07) is 10.6. The summed E-state index contributed by atoms with van der Waals surface area (Å²) in [5, 5.41) is 15.7. The number of carboxylic acid groups (broad SMARTS) is 2. The van der Waals surface area contributed by atoms with Gasteiger partial charge in [0.05, 0.1) is 6.54 Å². The Kier molecular flexibility index (Phi) is 10.1. The van der Waals surface area contributed by atoms with E-state index in [-0.39, 0.29) is 11.4 Å². The Hall–Kier alpha value is -4.10. The summed E-state index contributed by atoms with van der Waals surface area (Å²) in [7, 11) is 0. The molecule has 1 fully saturated rings. The molecule has 1 saturated heterocycles. The molecule has 0 radical (unpaired) electrons. The lowest BCUT2D eigenvalue weighted by atomic mass is 9.93. The van der Waals surface area contributed by atoms with Gasteiger partial charge in [0.25, 0.3) is 5.56 Å². The van der Waals surface area contributed by atoms with Crippen molar-refractivity contribution >= 4 is 34.9 Å². The van der Waals surface area contributed by atoms with Gasteiger partial charge in [-0.3, -0.25) is 9.36 Å². The van der Waals surface area contributed by atoms with Crippen LogP contribution in [0.5, 0.6) is 0 Å². The first-order valence-corrected chi connectivity index (χ1v) is 15.6. The predicted molar refractivity (Wildman–Crippen MR) is 163 cm³/mol. The summed E-state index contributed by atoms with van der Waals surface area (Å²) < 4.78 is 17.5. The smallest absolute Gasteiger partial charge is 0.414 e. The van der Waals surface area contributed by atoms with Gasteiger partial charge in [0.2, 0.25) is 0 Å². The Labute approximate surface area is 257 Å². The van der Waals surface area contributed by atoms with Crippen LogP contribution in [0.25, 0.3) is 11.2 Å². The number of halogens is 1. The quantitative estimate of drug-likeness (QED) is 0.232. The van der Waals surface area contributed by atoms with Crippen LogP contribution in [0.1, 0.15) is 41.9 Å². The summed E-state index contributed by atoms with van der Waals surface area (Å²) in [4.78, 5) is 48.0. The van der Waals surface area contributed by atoms with Crippen LogP contribution < -0.4 is 5.56 Å². The highest BCUT2D eigenvalue weighted by molar-refractivity contribution is 7.99. The molecule has 13 heteroatoms. The molecule has 5 heterocycles. The Morgan fingerprint density at radius 1 is 1.05 bits per heavy atom. The Balaban J connectivity index is 0.000000584. The average Bonchev–Trinajstić information content (AvgIpc) is 3.35. The highest BCUT2D eigenvalue weighted by Crippen LogP contribution is 2.25. The number of nitrogens with zero attached hydrogens (tertiary/aromatic N) is 6. The number of hydrogen-bond donors (Lipinski definition) is 2. The zero-order chi connectivity index (χ0) is 31.2. The van der Waals surface area contributed by atoms with Crippen LogP contribution in [0.15, 0.2) is 52.5 Å². The number of benzene rings is 1. The molecule has 2 aliphatic rings. The fraction of sp³-hybridized carbons (Fsp3) is 0.419. The first-order valence-electron chi connectivity index (χ1n) is 14.7. The van der Waals surface area contributed by atoms with Crippen LogP contribution in [0.2, 0.25) is 0 Å². The van der Waals surface area contributed by atoms with Crippen LogP contribution >= 0.6 is 11.8 Å². The van der Waals surface area contributed by atoms with E-state index < -0.39 is 11.9 Å². The Morgan fingerprint density at radius 3 is 2.48 bits per heavy atom. The second-order valence-corrected chi connectivity index (χ2v) is 12.1. The van der Waals surface area contributed by atoms with Crippen molar-refractivity contribution in [3.05, 3.63) is 81.4 Å². The van der Waals surface area contributed by atoms with Gasteiger partial charge in [-0.1, -0.05) is 23.9 Å².